The van der Waals surface area contributed by atoms with Crippen molar-refractivity contribution in [3.8, 4) is 0 Å². The van der Waals surface area contributed by atoms with E-state index in [1.807, 2.05) is 6.07 Å². The van der Waals surface area contributed by atoms with Crippen LogP contribution in [0.1, 0.15) is 83.3 Å². The normalized spacial score (nSPS) is 20.2. The Morgan fingerprint density at radius 2 is 1.73 bits per heavy atom. The molecule has 0 bridgehead atoms. The highest BCUT2D eigenvalue weighted by Crippen LogP contribution is 2.36. The van der Waals surface area contributed by atoms with Gasteiger partial charge in [0, 0.05) is 51.9 Å². The van der Waals surface area contributed by atoms with Crippen LogP contribution < -0.4 is 26.4 Å². The minimum absolute atomic E-state index is 0.0528. The van der Waals surface area contributed by atoms with Crippen molar-refractivity contribution in [1.82, 2.24) is 5.32 Å². The van der Waals surface area contributed by atoms with Crippen LogP contribution in [0.4, 0.5) is 11.4 Å². The summed E-state index contributed by atoms with van der Waals surface area (Å²) in [4.78, 5) is 28.1. The average Bonchev–Trinajstić information content (AvgIpc) is 2.97. The van der Waals surface area contributed by atoms with E-state index in [4.69, 9.17) is 9.47 Å². The summed E-state index contributed by atoms with van der Waals surface area (Å²) >= 11 is 0. The van der Waals surface area contributed by atoms with Crippen molar-refractivity contribution in [2.24, 2.45) is 17.8 Å². The number of hydrogen-bond donors (Lipinski definition) is 2. The Hall–Kier alpha value is -2.22. The van der Waals surface area contributed by atoms with E-state index in [2.05, 4.69) is 53.6 Å². The highest BCUT2D eigenvalue weighted by molar-refractivity contribution is 5.75. The zero-order chi connectivity index (χ0) is 28.3. The summed E-state index contributed by atoms with van der Waals surface area (Å²) in [6.07, 6.45) is 10.3. The SMILES string of the molecule is COCCCO[C@@H](c1ccccc1)C1CCCN(c2c(N[C@H](CNCC(C)C)CC3CCCCC3)c(=O)c2=O)C1. The number of nitrogens with one attached hydrogen (secondary N) is 2. The molecule has 40 heavy (non-hydrogen) atoms. The summed E-state index contributed by atoms with van der Waals surface area (Å²) < 4.78 is 11.7. The smallest absolute Gasteiger partial charge is 0.253 e. The van der Waals surface area contributed by atoms with E-state index in [1.165, 1.54) is 37.7 Å². The molecule has 0 spiro atoms. The van der Waals surface area contributed by atoms with Gasteiger partial charge in [-0.05, 0) is 49.6 Å². The second-order valence-corrected chi connectivity index (χ2v) is 12.4. The average molecular weight is 554 g/mol. The topological polar surface area (TPSA) is 79.9 Å². The molecule has 0 amide bonds. The zero-order valence-corrected chi connectivity index (χ0v) is 25.0. The van der Waals surface area contributed by atoms with E-state index in [-0.39, 0.29) is 28.9 Å². The molecule has 1 heterocycles. The molecule has 1 saturated carbocycles. The van der Waals surface area contributed by atoms with Crippen LogP contribution in [0, 0.1) is 17.8 Å². The molecule has 3 atom stereocenters. The third-order valence-corrected chi connectivity index (χ3v) is 8.64. The fourth-order valence-electron chi connectivity index (χ4n) is 6.61. The summed E-state index contributed by atoms with van der Waals surface area (Å²) in [6, 6.07) is 10.5. The molecule has 2 fully saturated rings. The maximum Gasteiger partial charge on any atom is 0.253 e. The van der Waals surface area contributed by atoms with Gasteiger partial charge in [-0.25, -0.2) is 0 Å². The molecule has 2 aliphatic rings. The molecule has 2 aromatic rings. The first-order valence-electron chi connectivity index (χ1n) is 15.7. The first kappa shape index (κ1) is 30.7. The maximum absolute atomic E-state index is 13.0. The first-order chi connectivity index (χ1) is 19.5. The van der Waals surface area contributed by atoms with E-state index < -0.39 is 0 Å². The van der Waals surface area contributed by atoms with Gasteiger partial charge in [0.05, 0.1) is 6.10 Å². The molecule has 1 aliphatic heterocycles. The Morgan fingerprint density at radius 1 is 0.950 bits per heavy atom. The molecule has 0 radical (unpaired) electrons. The van der Waals surface area contributed by atoms with Crippen LogP contribution in [0.2, 0.25) is 0 Å². The Kier molecular flexibility index (Phi) is 12.1. The number of nitrogens with zero attached hydrogens (tertiary/aromatic N) is 1. The molecule has 7 heteroatoms. The van der Waals surface area contributed by atoms with E-state index in [0.717, 1.165) is 45.3 Å². The highest BCUT2D eigenvalue weighted by atomic mass is 16.5. The molecule has 1 unspecified atom stereocenters. The van der Waals surface area contributed by atoms with Gasteiger partial charge < -0.3 is 25.0 Å². The Balaban J connectivity index is 1.48. The Labute approximate surface area is 240 Å². The predicted molar refractivity (Wildman–Crippen MR) is 164 cm³/mol. The van der Waals surface area contributed by atoms with Crippen molar-refractivity contribution in [2.45, 2.75) is 83.8 Å². The van der Waals surface area contributed by atoms with Gasteiger partial charge in [0.2, 0.25) is 0 Å². The van der Waals surface area contributed by atoms with Gasteiger partial charge in [-0.2, -0.15) is 0 Å². The molecule has 222 valence electrons. The third kappa shape index (κ3) is 8.40. The van der Waals surface area contributed by atoms with Crippen LogP contribution in [0.15, 0.2) is 39.9 Å². The molecule has 4 rings (SSSR count). The summed E-state index contributed by atoms with van der Waals surface area (Å²) in [5.41, 5.74) is 1.60. The van der Waals surface area contributed by atoms with Gasteiger partial charge in [0.25, 0.3) is 10.9 Å². The summed E-state index contributed by atoms with van der Waals surface area (Å²) in [5.74, 6) is 1.49. The van der Waals surface area contributed by atoms with Gasteiger partial charge in [-0.3, -0.25) is 9.59 Å². The van der Waals surface area contributed by atoms with Crippen LogP contribution in [0.3, 0.4) is 0 Å². The summed E-state index contributed by atoms with van der Waals surface area (Å²) in [6.45, 7) is 8.97. The molecule has 0 aromatic heterocycles. The molecule has 1 aliphatic carbocycles. The number of ether oxygens (including phenoxy) is 2. The van der Waals surface area contributed by atoms with Gasteiger partial charge in [0.1, 0.15) is 11.4 Å². The minimum atomic E-state index is -0.356. The second-order valence-electron chi connectivity index (χ2n) is 12.4. The molecular weight excluding hydrogens is 502 g/mol. The van der Waals surface area contributed by atoms with E-state index >= 15 is 0 Å². The number of anilines is 2. The predicted octanol–water partition coefficient (Wildman–Crippen LogP) is 5.29. The molecule has 7 nitrogen and oxygen atoms in total. The highest BCUT2D eigenvalue weighted by Gasteiger charge is 2.34. The lowest BCUT2D eigenvalue weighted by atomic mass is 9.84. The quantitative estimate of drug-likeness (QED) is 0.216. The van der Waals surface area contributed by atoms with Crippen molar-refractivity contribution in [3.63, 3.8) is 0 Å². The van der Waals surface area contributed by atoms with Crippen molar-refractivity contribution in [3.05, 3.63) is 56.3 Å². The van der Waals surface area contributed by atoms with Gasteiger partial charge in [-0.15, -0.1) is 0 Å². The fourth-order valence-corrected chi connectivity index (χ4v) is 6.61. The lowest BCUT2D eigenvalue weighted by Gasteiger charge is -2.39. The van der Waals surface area contributed by atoms with Gasteiger partial charge in [-0.1, -0.05) is 76.3 Å². The van der Waals surface area contributed by atoms with Crippen molar-refractivity contribution in [1.29, 1.82) is 0 Å². The van der Waals surface area contributed by atoms with E-state index in [1.54, 1.807) is 7.11 Å². The Morgan fingerprint density at radius 3 is 2.45 bits per heavy atom. The van der Waals surface area contributed by atoms with Gasteiger partial charge >= 0.3 is 0 Å². The number of methoxy groups -OCH3 is 1. The second kappa shape index (κ2) is 15.7. The number of hydrogen-bond acceptors (Lipinski definition) is 7. The van der Waals surface area contributed by atoms with Crippen LogP contribution in [0.25, 0.3) is 0 Å². The lowest BCUT2D eigenvalue weighted by molar-refractivity contribution is -0.00235. The minimum Gasteiger partial charge on any atom is -0.385 e. The largest absolute Gasteiger partial charge is 0.385 e. The molecule has 2 N–H and O–H groups in total. The maximum atomic E-state index is 13.0. The number of rotatable bonds is 16. The molecule has 1 saturated heterocycles. The van der Waals surface area contributed by atoms with Crippen molar-refractivity contribution < 1.29 is 9.47 Å². The first-order valence-corrected chi connectivity index (χ1v) is 15.7. The van der Waals surface area contributed by atoms with Crippen LogP contribution >= 0.6 is 0 Å². The summed E-state index contributed by atoms with van der Waals surface area (Å²) in [5, 5.41) is 7.18. The molecular formula is C33H51N3O4. The van der Waals surface area contributed by atoms with Crippen molar-refractivity contribution in [2.75, 3.05) is 56.7 Å². The zero-order valence-electron chi connectivity index (χ0n) is 25.0. The number of piperidine rings is 1. The van der Waals surface area contributed by atoms with E-state index in [9.17, 15) is 9.59 Å². The molecule has 2 aromatic carbocycles. The van der Waals surface area contributed by atoms with Crippen LogP contribution in [0.5, 0.6) is 0 Å². The van der Waals surface area contributed by atoms with Gasteiger partial charge in [0.15, 0.2) is 0 Å². The van der Waals surface area contributed by atoms with Crippen LogP contribution in [-0.2, 0) is 9.47 Å². The monoisotopic (exact) mass is 553 g/mol. The standard InChI is InChI=1S/C33H51N3O4/c1-24(2)21-34-22-28(20-25-12-6-4-7-13-25)35-29-30(32(38)31(29)37)36-17-10-16-27(23-36)33(40-19-11-18-39-3)26-14-8-5-9-15-26/h5,8-9,14-15,24-25,27-28,33-35H,4,6-7,10-13,16-23H2,1-3H3/t27?,28-,33-/m0/s1. The van der Waals surface area contributed by atoms with E-state index in [0.29, 0.717) is 43.0 Å². The lowest BCUT2D eigenvalue weighted by Crippen LogP contribution is -2.49. The fraction of sp³-hybridized carbons (Fsp3) is 0.697. The summed E-state index contributed by atoms with van der Waals surface area (Å²) in [7, 11) is 1.71. The number of benzene rings is 1. The van der Waals surface area contributed by atoms with Crippen LogP contribution in [-0.4, -0.2) is 52.5 Å². The Bertz CT molecular complexity index is 1080. The third-order valence-electron chi connectivity index (χ3n) is 8.64. The van der Waals surface area contributed by atoms with Crippen molar-refractivity contribution >= 4 is 11.4 Å².